The monoisotopic (exact) mass is 315 g/mol. The molecule has 2 aliphatic rings. The van der Waals surface area contributed by atoms with Crippen LogP contribution in [-0.2, 0) is 16.0 Å². The van der Waals surface area contributed by atoms with E-state index in [1.54, 1.807) is 0 Å². The lowest BCUT2D eigenvalue weighted by atomic mass is 10.1. The van der Waals surface area contributed by atoms with Crippen molar-refractivity contribution in [2.24, 2.45) is 0 Å². The predicted molar refractivity (Wildman–Crippen MR) is 88.9 cm³/mol. The van der Waals surface area contributed by atoms with E-state index in [0.717, 1.165) is 45.4 Å². The minimum Gasteiger partial charge on any atom is -0.352 e. The Morgan fingerprint density at radius 1 is 1.04 bits per heavy atom. The first-order chi connectivity index (χ1) is 11.2. The molecule has 1 aliphatic heterocycles. The molecule has 124 valence electrons. The highest BCUT2D eigenvalue weighted by Gasteiger charge is 2.26. The highest BCUT2D eigenvalue weighted by Crippen LogP contribution is 2.18. The number of piperazine rings is 1. The van der Waals surface area contributed by atoms with Gasteiger partial charge < -0.3 is 10.2 Å². The summed E-state index contributed by atoms with van der Waals surface area (Å²) >= 11 is 0. The number of rotatable bonds is 6. The van der Waals surface area contributed by atoms with Crippen molar-refractivity contribution in [3.8, 4) is 0 Å². The van der Waals surface area contributed by atoms with E-state index < -0.39 is 0 Å². The Morgan fingerprint density at radius 2 is 1.74 bits per heavy atom. The maximum Gasteiger partial charge on any atom is 0.234 e. The number of carbonyl (C=O) groups is 2. The van der Waals surface area contributed by atoms with Crippen LogP contribution in [-0.4, -0.2) is 60.4 Å². The van der Waals surface area contributed by atoms with Gasteiger partial charge in [-0.1, -0.05) is 30.3 Å². The number of hydrogen-bond acceptors (Lipinski definition) is 3. The molecule has 0 unspecified atom stereocenters. The maximum absolute atomic E-state index is 12.3. The van der Waals surface area contributed by atoms with Crippen molar-refractivity contribution >= 4 is 11.8 Å². The Labute approximate surface area is 137 Å². The molecule has 5 heteroatoms. The zero-order valence-corrected chi connectivity index (χ0v) is 13.5. The molecule has 0 radical (unpaired) electrons. The summed E-state index contributed by atoms with van der Waals surface area (Å²) in [4.78, 5) is 28.2. The van der Waals surface area contributed by atoms with Gasteiger partial charge in [-0.3, -0.25) is 14.5 Å². The fourth-order valence-electron chi connectivity index (χ4n) is 2.91. The first kappa shape index (κ1) is 16.0. The van der Waals surface area contributed by atoms with Gasteiger partial charge in [-0.05, 0) is 24.8 Å². The maximum atomic E-state index is 12.3. The number of carbonyl (C=O) groups excluding carboxylic acids is 2. The molecule has 3 rings (SSSR count). The van der Waals surface area contributed by atoms with Gasteiger partial charge in [-0.15, -0.1) is 0 Å². The molecule has 1 N–H and O–H groups in total. The highest BCUT2D eigenvalue weighted by atomic mass is 16.2. The average Bonchev–Trinajstić information content (AvgIpc) is 3.38. The van der Waals surface area contributed by atoms with E-state index in [1.807, 2.05) is 23.1 Å². The summed E-state index contributed by atoms with van der Waals surface area (Å²) in [7, 11) is 0. The number of nitrogens with zero attached hydrogens (tertiary/aromatic N) is 2. The van der Waals surface area contributed by atoms with Crippen molar-refractivity contribution in [2.75, 3.05) is 32.7 Å². The third-order valence-electron chi connectivity index (χ3n) is 4.51. The lowest BCUT2D eigenvalue weighted by Gasteiger charge is -2.34. The van der Waals surface area contributed by atoms with Gasteiger partial charge in [0.05, 0.1) is 6.54 Å². The molecule has 5 nitrogen and oxygen atoms in total. The molecule has 1 saturated carbocycles. The normalized spacial score (nSPS) is 18.7. The van der Waals surface area contributed by atoms with Gasteiger partial charge in [-0.2, -0.15) is 0 Å². The van der Waals surface area contributed by atoms with Gasteiger partial charge in [0, 0.05) is 38.6 Å². The van der Waals surface area contributed by atoms with Crippen molar-refractivity contribution in [1.29, 1.82) is 0 Å². The molecular formula is C18H25N3O2. The minimum atomic E-state index is 0.122. The molecule has 0 bridgehead atoms. The van der Waals surface area contributed by atoms with Crippen LogP contribution in [0.1, 0.15) is 24.8 Å². The second-order valence-electron chi connectivity index (χ2n) is 6.48. The van der Waals surface area contributed by atoms with Crippen LogP contribution >= 0.6 is 0 Å². The van der Waals surface area contributed by atoms with Crippen LogP contribution in [0.25, 0.3) is 0 Å². The SMILES string of the molecule is O=C(CN1CCN(C(=O)CCc2ccccc2)CC1)NC1CC1. The Kier molecular flexibility index (Phi) is 5.28. The van der Waals surface area contributed by atoms with Crippen LogP contribution in [0.4, 0.5) is 0 Å². The van der Waals surface area contributed by atoms with Crippen molar-refractivity contribution in [3.05, 3.63) is 35.9 Å². The quantitative estimate of drug-likeness (QED) is 0.853. The fourth-order valence-corrected chi connectivity index (χ4v) is 2.91. The van der Waals surface area contributed by atoms with Crippen molar-refractivity contribution in [2.45, 2.75) is 31.7 Å². The molecule has 2 amide bonds. The van der Waals surface area contributed by atoms with Crippen LogP contribution in [0.15, 0.2) is 30.3 Å². The molecule has 1 aromatic carbocycles. The minimum absolute atomic E-state index is 0.122. The van der Waals surface area contributed by atoms with E-state index in [4.69, 9.17) is 0 Å². The second kappa shape index (κ2) is 7.59. The molecule has 0 aromatic heterocycles. The van der Waals surface area contributed by atoms with Gasteiger partial charge in [0.15, 0.2) is 0 Å². The molecule has 1 heterocycles. The second-order valence-corrected chi connectivity index (χ2v) is 6.48. The Bertz CT molecular complexity index is 534. The van der Waals surface area contributed by atoms with Gasteiger partial charge in [0.2, 0.25) is 11.8 Å². The van der Waals surface area contributed by atoms with E-state index in [1.165, 1.54) is 5.56 Å². The Balaban J connectivity index is 1.36. The predicted octanol–water partition coefficient (Wildman–Crippen LogP) is 1.04. The first-order valence-corrected chi connectivity index (χ1v) is 8.54. The van der Waals surface area contributed by atoms with Crippen molar-refractivity contribution in [3.63, 3.8) is 0 Å². The Morgan fingerprint density at radius 3 is 2.39 bits per heavy atom. The van der Waals surface area contributed by atoms with E-state index in [-0.39, 0.29) is 11.8 Å². The van der Waals surface area contributed by atoms with Gasteiger partial charge >= 0.3 is 0 Å². The van der Waals surface area contributed by atoms with Crippen LogP contribution in [0.5, 0.6) is 0 Å². The summed E-state index contributed by atoms with van der Waals surface area (Å²) in [5.74, 6) is 0.340. The van der Waals surface area contributed by atoms with Crippen molar-refractivity contribution in [1.82, 2.24) is 15.1 Å². The number of aryl methyl sites for hydroxylation is 1. The van der Waals surface area contributed by atoms with Crippen LogP contribution in [0, 0.1) is 0 Å². The van der Waals surface area contributed by atoms with Crippen LogP contribution < -0.4 is 5.32 Å². The van der Waals surface area contributed by atoms with E-state index in [2.05, 4.69) is 22.3 Å². The number of amides is 2. The van der Waals surface area contributed by atoms with Crippen LogP contribution in [0.3, 0.4) is 0 Å². The number of hydrogen-bond donors (Lipinski definition) is 1. The Hall–Kier alpha value is -1.88. The highest BCUT2D eigenvalue weighted by molar-refractivity contribution is 5.79. The fraction of sp³-hybridized carbons (Fsp3) is 0.556. The summed E-state index contributed by atoms with van der Waals surface area (Å²) in [6, 6.07) is 10.5. The average molecular weight is 315 g/mol. The zero-order valence-electron chi connectivity index (χ0n) is 13.5. The third kappa shape index (κ3) is 5.06. The largest absolute Gasteiger partial charge is 0.352 e. The summed E-state index contributed by atoms with van der Waals surface area (Å²) in [6.07, 6.45) is 3.60. The van der Waals surface area contributed by atoms with E-state index in [0.29, 0.717) is 19.0 Å². The number of benzene rings is 1. The van der Waals surface area contributed by atoms with Gasteiger partial charge in [0.1, 0.15) is 0 Å². The lowest BCUT2D eigenvalue weighted by molar-refractivity contribution is -0.133. The molecular weight excluding hydrogens is 290 g/mol. The molecule has 23 heavy (non-hydrogen) atoms. The molecule has 1 aromatic rings. The zero-order chi connectivity index (χ0) is 16.1. The lowest BCUT2D eigenvalue weighted by Crippen LogP contribution is -2.51. The molecule has 2 fully saturated rings. The van der Waals surface area contributed by atoms with Gasteiger partial charge in [0.25, 0.3) is 0 Å². The van der Waals surface area contributed by atoms with Gasteiger partial charge in [-0.25, -0.2) is 0 Å². The smallest absolute Gasteiger partial charge is 0.234 e. The molecule has 0 atom stereocenters. The topological polar surface area (TPSA) is 52.7 Å². The standard InChI is InChI=1S/C18H25N3O2/c22-17(19-16-7-8-16)14-20-10-12-21(13-11-20)18(23)9-6-15-4-2-1-3-5-15/h1-5,16H,6-14H2,(H,19,22). The van der Waals surface area contributed by atoms with E-state index >= 15 is 0 Å². The molecule has 0 spiro atoms. The molecule has 1 aliphatic carbocycles. The summed E-state index contributed by atoms with van der Waals surface area (Å²) in [5.41, 5.74) is 1.20. The molecule has 1 saturated heterocycles. The summed E-state index contributed by atoms with van der Waals surface area (Å²) in [5, 5.41) is 3.01. The summed E-state index contributed by atoms with van der Waals surface area (Å²) in [6.45, 7) is 3.49. The summed E-state index contributed by atoms with van der Waals surface area (Å²) < 4.78 is 0. The third-order valence-corrected chi connectivity index (χ3v) is 4.51. The first-order valence-electron chi connectivity index (χ1n) is 8.54. The van der Waals surface area contributed by atoms with E-state index in [9.17, 15) is 9.59 Å². The van der Waals surface area contributed by atoms with Crippen molar-refractivity contribution < 1.29 is 9.59 Å². The number of nitrogens with one attached hydrogen (secondary N) is 1. The van der Waals surface area contributed by atoms with Crippen LogP contribution in [0.2, 0.25) is 0 Å².